The number of amides is 2. The molecule has 0 saturated carbocycles. The summed E-state index contributed by atoms with van der Waals surface area (Å²) in [6.45, 7) is 4.06. The third kappa shape index (κ3) is 5.38. The van der Waals surface area contributed by atoms with Crippen molar-refractivity contribution >= 4 is 11.8 Å². The van der Waals surface area contributed by atoms with E-state index in [4.69, 9.17) is 0 Å². The first-order valence-corrected chi connectivity index (χ1v) is 6.80. The second-order valence-electron chi connectivity index (χ2n) is 4.67. The van der Waals surface area contributed by atoms with Gasteiger partial charge in [0.05, 0.1) is 6.54 Å². The summed E-state index contributed by atoms with van der Waals surface area (Å²) in [7, 11) is 0. The molecule has 0 fully saturated rings. The van der Waals surface area contributed by atoms with Crippen LogP contribution in [0.4, 0.5) is 4.39 Å². The van der Waals surface area contributed by atoms with E-state index >= 15 is 0 Å². The van der Waals surface area contributed by atoms with E-state index in [9.17, 15) is 14.0 Å². The Labute approximate surface area is 119 Å². The number of hydrogen-bond acceptors (Lipinski definition) is 2. The third-order valence-corrected chi connectivity index (χ3v) is 2.95. The highest BCUT2D eigenvalue weighted by molar-refractivity contribution is 5.83. The van der Waals surface area contributed by atoms with Gasteiger partial charge in [-0.25, -0.2) is 4.39 Å². The van der Waals surface area contributed by atoms with E-state index in [0.717, 1.165) is 12.8 Å². The van der Waals surface area contributed by atoms with Crippen molar-refractivity contribution in [1.82, 2.24) is 10.2 Å². The van der Waals surface area contributed by atoms with Crippen molar-refractivity contribution in [3.05, 3.63) is 35.6 Å². The Hall–Kier alpha value is -1.91. The highest BCUT2D eigenvalue weighted by Crippen LogP contribution is 2.09. The normalized spacial score (nSPS) is 10.2. The molecule has 0 spiro atoms. The maximum absolute atomic E-state index is 13.6. The first kappa shape index (κ1) is 16.1. The molecule has 0 saturated heterocycles. The van der Waals surface area contributed by atoms with E-state index in [1.807, 2.05) is 6.92 Å². The lowest BCUT2D eigenvalue weighted by atomic mass is 10.2. The van der Waals surface area contributed by atoms with E-state index in [2.05, 4.69) is 5.32 Å². The molecule has 0 radical (unpaired) electrons. The molecule has 0 aliphatic rings. The number of nitrogens with zero attached hydrogens (tertiary/aromatic N) is 1. The molecular formula is C15H21FN2O2. The van der Waals surface area contributed by atoms with Crippen LogP contribution in [0.1, 0.15) is 32.3 Å². The van der Waals surface area contributed by atoms with Crippen LogP contribution in [-0.4, -0.2) is 29.8 Å². The first-order valence-electron chi connectivity index (χ1n) is 6.80. The van der Waals surface area contributed by atoms with E-state index in [1.165, 1.54) is 17.9 Å². The molecule has 0 unspecified atom stereocenters. The Balaban J connectivity index is 2.59. The number of carbonyl (C=O) groups is 2. The molecule has 0 aromatic heterocycles. The molecule has 1 aromatic carbocycles. The van der Waals surface area contributed by atoms with Crippen LogP contribution in [0, 0.1) is 5.82 Å². The quantitative estimate of drug-likeness (QED) is 0.778. The van der Waals surface area contributed by atoms with E-state index < -0.39 is 0 Å². The van der Waals surface area contributed by atoms with Gasteiger partial charge in [0.15, 0.2) is 0 Å². The molecule has 4 nitrogen and oxygen atoms in total. The van der Waals surface area contributed by atoms with Crippen LogP contribution in [-0.2, 0) is 16.1 Å². The van der Waals surface area contributed by atoms with Crippen molar-refractivity contribution in [3.63, 3.8) is 0 Å². The van der Waals surface area contributed by atoms with E-state index in [1.54, 1.807) is 18.2 Å². The highest BCUT2D eigenvalue weighted by atomic mass is 19.1. The minimum absolute atomic E-state index is 0.0482. The second-order valence-corrected chi connectivity index (χ2v) is 4.67. The minimum Gasteiger partial charge on any atom is -0.355 e. The summed E-state index contributed by atoms with van der Waals surface area (Å²) < 4.78 is 13.6. The largest absolute Gasteiger partial charge is 0.355 e. The Kier molecular flexibility index (Phi) is 6.70. The lowest BCUT2D eigenvalue weighted by Gasteiger charge is -2.21. The van der Waals surface area contributed by atoms with Crippen molar-refractivity contribution in [2.24, 2.45) is 0 Å². The standard InChI is InChI=1S/C15H21FN2O2/c1-3-4-9-17-15(20)11-18(12(2)19)10-13-7-5-6-8-14(13)16/h5-8H,3-4,9-11H2,1-2H3,(H,17,20). The molecule has 0 aliphatic heterocycles. The average molecular weight is 280 g/mol. The molecule has 0 heterocycles. The van der Waals surface area contributed by atoms with Crippen LogP contribution in [0.5, 0.6) is 0 Å². The van der Waals surface area contributed by atoms with Crippen molar-refractivity contribution in [2.45, 2.75) is 33.2 Å². The summed E-state index contributed by atoms with van der Waals surface area (Å²) in [5, 5.41) is 2.74. The van der Waals surface area contributed by atoms with Crippen LogP contribution in [0.25, 0.3) is 0 Å². The number of nitrogens with one attached hydrogen (secondary N) is 1. The van der Waals surface area contributed by atoms with Gasteiger partial charge in [0, 0.05) is 25.6 Å². The molecule has 0 atom stereocenters. The predicted molar refractivity (Wildman–Crippen MR) is 75.4 cm³/mol. The van der Waals surface area contributed by atoms with Gasteiger partial charge < -0.3 is 10.2 Å². The van der Waals surface area contributed by atoms with Crippen molar-refractivity contribution < 1.29 is 14.0 Å². The molecule has 2 amide bonds. The Morgan fingerprint density at radius 2 is 2.00 bits per heavy atom. The van der Waals surface area contributed by atoms with Gasteiger partial charge >= 0.3 is 0 Å². The monoisotopic (exact) mass is 280 g/mol. The lowest BCUT2D eigenvalue weighted by Crippen LogP contribution is -2.39. The number of halogens is 1. The zero-order valence-corrected chi connectivity index (χ0v) is 12.0. The SMILES string of the molecule is CCCCNC(=O)CN(Cc1ccccc1F)C(C)=O. The van der Waals surface area contributed by atoms with Crippen molar-refractivity contribution in [3.8, 4) is 0 Å². The zero-order chi connectivity index (χ0) is 15.0. The van der Waals surface area contributed by atoms with Gasteiger partial charge in [-0.2, -0.15) is 0 Å². The summed E-state index contributed by atoms with van der Waals surface area (Å²) in [6, 6.07) is 6.25. The number of hydrogen-bond donors (Lipinski definition) is 1. The molecule has 20 heavy (non-hydrogen) atoms. The van der Waals surface area contributed by atoms with Crippen molar-refractivity contribution in [2.75, 3.05) is 13.1 Å². The van der Waals surface area contributed by atoms with Gasteiger partial charge in [-0.1, -0.05) is 31.5 Å². The third-order valence-electron chi connectivity index (χ3n) is 2.95. The summed E-state index contributed by atoms with van der Waals surface area (Å²) >= 11 is 0. The molecule has 5 heteroatoms. The molecule has 1 N–H and O–H groups in total. The van der Waals surface area contributed by atoms with Crippen LogP contribution >= 0.6 is 0 Å². The average Bonchev–Trinajstić information content (AvgIpc) is 2.40. The van der Waals surface area contributed by atoms with Gasteiger partial charge in [-0.3, -0.25) is 9.59 Å². The number of carbonyl (C=O) groups excluding carboxylic acids is 2. The Bertz CT molecular complexity index is 463. The lowest BCUT2D eigenvalue weighted by molar-refractivity contribution is -0.134. The van der Waals surface area contributed by atoms with Crippen LogP contribution in [0.3, 0.4) is 0 Å². The molecule has 0 bridgehead atoms. The number of unbranched alkanes of at least 4 members (excludes halogenated alkanes) is 1. The molecule has 110 valence electrons. The number of rotatable bonds is 7. The summed E-state index contributed by atoms with van der Waals surface area (Å²) in [5.41, 5.74) is 0.407. The smallest absolute Gasteiger partial charge is 0.239 e. The topological polar surface area (TPSA) is 49.4 Å². The van der Waals surface area contributed by atoms with Gasteiger partial charge in [-0.15, -0.1) is 0 Å². The molecule has 1 aromatic rings. The van der Waals surface area contributed by atoms with Crippen LogP contribution < -0.4 is 5.32 Å². The maximum Gasteiger partial charge on any atom is 0.239 e. The summed E-state index contributed by atoms with van der Waals surface area (Å²) in [4.78, 5) is 24.6. The molecule has 0 aliphatic carbocycles. The molecule has 1 rings (SSSR count). The molecular weight excluding hydrogens is 259 g/mol. The predicted octanol–water partition coefficient (Wildman–Crippen LogP) is 2.09. The Morgan fingerprint density at radius 1 is 1.30 bits per heavy atom. The summed E-state index contributed by atoms with van der Waals surface area (Å²) in [5.74, 6) is -0.839. The zero-order valence-electron chi connectivity index (χ0n) is 12.0. The van der Waals surface area contributed by atoms with E-state index in [-0.39, 0.29) is 30.7 Å². The Morgan fingerprint density at radius 3 is 2.60 bits per heavy atom. The van der Waals surface area contributed by atoms with Crippen LogP contribution in [0.15, 0.2) is 24.3 Å². The van der Waals surface area contributed by atoms with Gasteiger partial charge in [-0.05, 0) is 12.5 Å². The van der Waals surface area contributed by atoms with E-state index in [0.29, 0.717) is 12.1 Å². The van der Waals surface area contributed by atoms with Gasteiger partial charge in [0.25, 0.3) is 0 Å². The highest BCUT2D eigenvalue weighted by Gasteiger charge is 2.15. The van der Waals surface area contributed by atoms with Crippen molar-refractivity contribution in [1.29, 1.82) is 0 Å². The van der Waals surface area contributed by atoms with Gasteiger partial charge in [0.2, 0.25) is 11.8 Å². The fourth-order valence-corrected chi connectivity index (χ4v) is 1.74. The number of benzene rings is 1. The fraction of sp³-hybridized carbons (Fsp3) is 0.467. The fourth-order valence-electron chi connectivity index (χ4n) is 1.74. The maximum atomic E-state index is 13.6. The van der Waals surface area contributed by atoms with Crippen LogP contribution in [0.2, 0.25) is 0 Å². The first-order chi connectivity index (χ1) is 9.54. The summed E-state index contributed by atoms with van der Waals surface area (Å²) in [6.07, 6.45) is 1.89. The minimum atomic E-state index is -0.370. The van der Waals surface area contributed by atoms with Gasteiger partial charge in [0.1, 0.15) is 5.82 Å². The second kappa shape index (κ2) is 8.30.